The van der Waals surface area contributed by atoms with Gasteiger partial charge in [-0.15, -0.1) is 0 Å². The molecule has 1 rings (SSSR count). The van der Waals surface area contributed by atoms with Gasteiger partial charge < -0.3 is 5.73 Å². The lowest BCUT2D eigenvalue weighted by Crippen LogP contribution is -2.12. The molecule has 0 aliphatic heterocycles. The van der Waals surface area contributed by atoms with E-state index in [-0.39, 0.29) is 6.04 Å². The van der Waals surface area contributed by atoms with Crippen LogP contribution in [0.15, 0.2) is 18.5 Å². The molecule has 0 aromatic carbocycles. The number of hydrogen-bond donors (Lipinski definition) is 1. The third-order valence-electron chi connectivity index (χ3n) is 1.52. The topological polar surface area (TPSA) is 51.8 Å². The lowest BCUT2D eigenvalue weighted by molar-refractivity contribution is 0.602. The van der Waals surface area contributed by atoms with Crippen molar-refractivity contribution in [1.29, 1.82) is 0 Å². The van der Waals surface area contributed by atoms with Gasteiger partial charge in [0.1, 0.15) is 5.82 Å². The molecule has 1 atom stereocenters. The van der Waals surface area contributed by atoms with Crippen LogP contribution < -0.4 is 5.73 Å². The van der Waals surface area contributed by atoms with Gasteiger partial charge in [0.05, 0.1) is 6.04 Å². The summed E-state index contributed by atoms with van der Waals surface area (Å²) in [5.74, 6) is 0.745. The zero-order chi connectivity index (χ0) is 8.10. The van der Waals surface area contributed by atoms with Crippen molar-refractivity contribution in [3.8, 4) is 0 Å². The minimum Gasteiger partial charge on any atom is -0.321 e. The molecule has 0 radical (unpaired) electrons. The average Bonchev–Trinajstić information content (AvgIpc) is 2.07. The molecule has 2 N–H and O–H groups in total. The lowest BCUT2D eigenvalue weighted by atomic mass is 10.2. The maximum absolute atomic E-state index is 5.78. The van der Waals surface area contributed by atoms with Gasteiger partial charge in [0.2, 0.25) is 0 Å². The molecule has 0 aliphatic rings. The fraction of sp³-hybridized carbons (Fsp3) is 0.500. The largest absolute Gasteiger partial charge is 0.321 e. The van der Waals surface area contributed by atoms with Gasteiger partial charge in [0.15, 0.2) is 0 Å². The molecule has 1 aromatic rings. The first-order valence-corrected chi connectivity index (χ1v) is 3.87. The Bertz CT molecular complexity index is 198. The monoisotopic (exact) mass is 151 g/mol. The molecule has 0 bridgehead atoms. The fourth-order valence-electron chi connectivity index (χ4n) is 0.942. The summed E-state index contributed by atoms with van der Waals surface area (Å²) < 4.78 is 0. The number of hydrogen-bond acceptors (Lipinski definition) is 3. The number of nitrogens with two attached hydrogens (primary N) is 1. The maximum atomic E-state index is 5.78. The highest BCUT2D eigenvalue weighted by Crippen LogP contribution is 2.08. The van der Waals surface area contributed by atoms with Gasteiger partial charge in [-0.25, -0.2) is 9.97 Å². The average molecular weight is 151 g/mol. The predicted octanol–water partition coefficient (Wildman–Crippen LogP) is 1.28. The minimum absolute atomic E-state index is 0.00111. The number of nitrogens with zero attached hydrogens (tertiary/aromatic N) is 2. The van der Waals surface area contributed by atoms with Crippen LogP contribution in [0.1, 0.15) is 31.6 Å². The van der Waals surface area contributed by atoms with Crippen LogP contribution in [-0.4, -0.2) is 9.97 Å². The molecule has 60 valence electrons. The summed E-state index contributed by atoms with van der Waals surface area (Å²) >= 11 is 0. The first kappa shape index (κ1) is 8.14. The van der Waals surface area contributed by atoms with Gasteiger partial charge in [0.25, 0.3) is 0 Å². The molecule has 0 saturated heterocycles. The molecular weight excluding hydrogens is 138 g/mol. The van der Waals surface area contributed by atoms with E-state index in [1.807, 2.05) is 0 Å². The van der Waals surface area contributed by atoms with E-state index in [1.165, 1.54) is 0 Å². The molecule has 0 amide bonds. The van der Waals surface area contributed by atoms with Gasteiger partial charge in [-0.2, -0.15) is 0 Å². The first-order valence-electron chi connectivity index (χ1n) is 3.87. The predicted molar refractivity (Wildman–Crippen MR) is 43.9 cm³/mol. The van der Waals surface area contributed by atoms with Crippen LogP contribution in [0.2, 0.25) is 0 Å². The van der Waals surface area contributed by atoms with Gasteiger partial charge in [-0.05, 0) is 12.5 Å². The molecule has 1 heterocycles. The molecule has 3 heteroatoms. The van der Waals surface area contributed by atoms with Crippen molar-refractivity contribution in [2.75, 3.05) is 0 Å². The van der Waals surface area contributed by atoms with Gasteiger partial charge in [-0.1, -0.05) is 13.3 Å². The van der Waals surface area contributed by atoms with Crippen LogP contribution in [0.3, 0.4) is 0 Å². The van der Waals surface area contributed by atoms with E-state index in [2.05, 4.69) is 16.9 Å². The van der Waals surface area contributed by atoms with E-state index < -0.39 is 0 Å². The van der Waals surface area contributed by atoms with Gasteiger partial charge >= 0.3 is 0 Å². The fourth-order valence-corrected chi connectivity index (χ4v) is 0.942. The molecule has 0 fully saturated rings. The van der Waals surface area contributed by atoms with Crippen molar-refractivity contribution >= 4 is 0 Å². The van der Waals surface area contributed by atoms with Crippen LogP contribution in [0, 0.1) is 0 Å². The van der Waals surface area contributed by atoms with E-state index in [0.717, 1.165) is 18.7 Å². The van der Waals surface area contributed by atoms with Crippen molar-refractivity contribution in [3.05, 3.63) is 24.3 Å². The van der Waals surface area contributed by atoms with Crippen molar-refractivity contribution in [2.24, 2.45) is 5.73 Å². The third kappa shape index (κ3) is 2.27. The van der Waals surface area contributed by atoms with Crippen LogP contribution >= 0.6 is 0 Å². The second-order valence-corrected chi connectivity index (χ2v) is 2.50. The molecule has 1 aromatic heterocycles. The Labute approximate surface area is 66.7 Å². The third-order valence-corrected chi connectivity index (χ3v) is 1.52. The summed E-state index contributed by atoms with van der Waals surface area (Å²) in [6.07, 6.45) is 5.46. The smallest absolute Gasteiger partial charge is 0.144 e. The normalized spacial score (nSPS) is 12.9. The highest BCUT2D eigenvalue weighted by Gasteiger charge is 2.05. The Balaban J connectivity index is 2.61. The van der Waals surface area contributed by atoms with Crippen LogP contribution in [0.4, 0.5) is 0 Å². The minimum atomic E-state index is 0.00111. The zero-order valence-electron chi connectivity index (χ0n) is 6.70. The summed E-state index contributed by atoms with van der Waals surface area (Å²) in [6, 6.07) is 1.79. The lowest BCUT2D eigenvalue weighted by Gasteiger charge is -2.06. The summed E-state index contributed by atoms with van der Waals surface area (Å²) in [5.41, 5.74) is 5.78. The zero-order valence-corrected chi connectivity index (χ0v) is 6.70. The highest BCUT2D eigenvalue weighted by molar-refractivity contribution is 4.93. The molecular formula is C8H13N3. The summed E-state index contributed by atoms with van der Waals surface area (Å²) in [5, 5.41) is 0. The number of aromatic nitrogens is 2. The van der Waals surface area contributed by atoms with E-state index >= 15 is 0 Å². The summed E-state index contributed by atoms with van der Waals surface area (Å²) in [4.78, 5) is 8.12. The van der Waals surface area contributed by atoms with E-state index in [4.69, 9.17) is 5.73 Å². The van der Waals surface area contributed by atoms with Crippen LogP contribution in [0.5, 0.6) is 0 Å². The molecule has 11 heavy (non-hydrogen) atoms. The van der Waals surface area contributed by atoms with E-state index in [0.29, 0.717) is 0 Å². The second-order valence-electron chi connectivity index (χ2n) is 2.50. The summed E-state index contributed by atoms with van der Waals surface area (Å²) in [7, 11) is 0. The molecule has 0 saturated carbocycles. The van der Waals surface area contributed by atoms with Crippen LogP contribution in [0.25, 0.3) is 0 Å². The number of rotatable bonds is 3. The van der Waals surface area contributed by atoms with Gasteiger partial charge in [0, 0.05) is 12.4 Å². The van der Waals surface area contributed by atoms with Crippen molar-refractivity contribution in [1.82, 2.24) is 9.97 Å². The van der Waals surface area contributed by atoms with Crippen molar-refractivity contribution in [2.45, 2.75) is 25.8 Å². The van der Waals surface area contributed by atoms with E-state index in [1.54, 1.807) is 18.5 Å². The molecule has 0 spiro atoms. The molecule has 3 nitrogen and oxygen atoms in total. The Hall–Kier alpha value is -0.960. The Morgan fingerprint density at radius 3 is 2.64 bits per heavy atom. The van der Waals surface area contributed by atoms with Gasteiger partial charge in [-0.3, -0.25) is 0 Å². The SMILES string of the molecule is CCC[C@H](N)c1ncccn1. The van der Waals surface area contributed by atoms with Crippen LogP contribution in [-0.2, 0) is 0 Å². The maximum Gasteiger partial charge on any atom is 0.144 e. The molecule has 0 unspecified atom stereocenters. The molecule has 0 aliphatic carbocycles. The standard InChI is InChI=1S/C8H13N3/c1-2-4-7(9)8-10-5-3-6-11-8/h3,5-7H,2,4,9H2,1H3/t7-/m0/s1. The first-order chi connectivity index (χ1) is 5.34. The Kier molecular flexibility index (Phi) is 2.98. The quantitative estimate of drug-likeness (QED) is 0.707. The highest BCUT2D eigenvalue weighted by atomic mass is 14.9. The Morgan fingerprint density at radius 1 is 1.45 bits per heavy atom. The Morgan fingerprint density at radius 2 is 2.09 bits per heavy atom. The van der Waals surface area contributed by atoms with Crippen molar-refractivity contribution < 1.29 is 0 Å². The van der Waals surface area contributed by atoms with Crippen molar-refractivity contribution in [3.63, 3.8) is 0 Å². The second kappa shape index (κ2) is 4.03. The van der Waals surface area contributed by atoms with E-state index in [9.17, 15) is 0 Å². The summed E-state index contributed by atoms with van der Waals surface area (Å²) in [6.45, 7) is 2.10.